The Morgan fingerprint density at radius 3 is 2.60 bits per heavy atom. The van der Waals surface area contributed by atoms with Crippen LogP contribution in [0, 0.1) is 11.3 Å². The van der Waals surface area contributed by atoms with Crippen molar-refractivity contribution in [1.82, 2.24) is 0 Å². The molecule has 1 aromatic carbocycles. The van der Waals surface area contributed by atoms with Crippen molar-refractivity contribution in [2.24, 2.45) is 0 Å². The van der Waals surface area contributed by atoms with Gasteiger partial charge in [-0.3, -0.25) is 0 Å². The fourth-order valence-electron chi connectivity index (χ4n) is 0.994. The van der Waals surface area contributed by atoms with E-state index in [1.54, 1.807) is 6.07 Å². The van der Waals surface area contributed by atoms with Gasteiger partial charge in [-0.2, -0.15) is 18.4 Å². The Balaban J connectivity index is 3.02. The van der Waals surface area contributed by atoms with E-state index in [4.69, 9.17) is 16.9 Å². The Kier molecular flexibility index (Phi) is 3.43. The minimum atomic E-state index is -4.48. The van der Waals surface area contributed by atoms with Crippen LogP contribution in [0.25, 0.3) is 0 Å². The molecule has 1 N–H and O–H groups in total. The molecule has 0 spiro atoms. The first kappa shape index (κ1) is 11.7. The highest BCUT2D eigenvalue weighted by Gasteiger charge is 2.33. The van der Waals surface area contributed by atoms with Crippen molar-refractivity contribution in [2.75, 3.05) is 11.9 Å². The first-order valence-electron chi connectivity index (χ1n) is 3.92. The third-order valence-corrected chi connectivity index (χ3v) is 1.97. The summed E-state index contributed by atoms with van der Waals surface area (Å²) in [7, 11) is 0. The van der Waals surface area contributed by atoms with Crippen molar-refractivity contribution in [3.8, 4) is 6.07 Å². The summed E-state index contributed by atoms with van der Waals surface area (Å²) in [5.74, 6) is 0. The second-order valence-electron chi connectivity index (χ2n) is 2.70. The fourth-order valence-corrected chi connectivity index (χ4v) is 1.22. The van der Waals surface area contributed by atoms with Gasteiger partial charge in [-0.1, -0.05) is 11.6 Å². The van der Waals surface area contributed by atoms with E-state index in [0.29, 0.717) is 0 Å². The number of benzene rings is 1. The van der Waals surface area contributed by atoms with Gasteiger partial charge in [0.25, 0.3) is 0 Å². The SMILES string of the molecule is N#CCNc1ccc(Cl)c(C(F)(F)F)c1. The predicted octanol–water partition coefficient (Wildman–Crippen LogP) is 3.29. The van der Waals surface area contributed by atoms with Gasteiger partial charge in [-0.05, 0) is 18.2 Å². The standard InChI is InChI=1S/C9H6ClF3N2/c10-8-2-1-6(15-4-3-14)5-7(8)9(11,12)13/h1-2,5,15H,4H2. The maximum atomic E-state index is 12.4. The molecule has 0 atom stereocenters. The summed E-state index contributed by atoms with van der Waals surface area (Å²) in [5, 5.41) is 10.4. The van der Waals surface area contributed by atoms with Crippen LogP contribution in [-0.2, 0) is 6.18 Å². The molecule has 0 aromatic heterocycles. The quantitative estimate of drug-likeness (QED) is 0.797. The number of rotatable bonds is 2. The molecule has 0 amide bonds. The molecule has 0 saturated heterocycles. The lowest BCUT2D eigenvalue weighted by Crippen LogP contribution is -2.07. The van der Waals surface area contributed by atoms with Gasteiger partial charge in [0.15, 0.2) is 0 Å². The Bertz CT molecular complexity index is 395. The number of anilines is 1. The summed E-state index contributed by atoms with van der Waals surface area (Å²) in [6, 6.07) is 5.17. The number of hydrogen-bond donors (Lipinski definition) is 1. The summed E-state index contributed by atoms with van der Waals surface area (Å²) in [6.07, 6.45) is -4.48. The number of nitriles is 1. The van der Waals surface area contributed by atoms with Crippen molar-refractivity contribution in [2.45, 2.75) is 6.18 Å². The third-order valence-electron chi connectivity index (χ3n) is 1.64. The number of nitrogens with zero attached hydrogens (tertiary/aromatic N) is 1. The van der Waals surface area contributed by atoms with Crippen LogP contribution in [0.5, 0.6) is 0 Å². The lowest BCUT2D eigenvalue weighted by atomic mass is 10.2. The van der Waals surface area contributed by atoms with Crippen molar-refractivity contribution in [3.05, 3.63) is 28.8 Å². The average Bonchev–Trinajstić information content (AvgIpc) is 2.15. The van der Waals surface area contributed by atoms with Gasteiger partial charge in [0.1, 0.15) is 6.54 Å². The molecule has 80 valence electrons. The Morgan fingerprint density at radius 1 is 1.40 bits per heavy atom. The highest BCUT2D eigenvalue weighted by atomic mass is 35.5. The molecule has 0 aliphatic rings. The van der Waals surface area contributed by atoms with Crippen LogP contribution in [-0.4, -0.2) is 6.54 Å². The zero-order valence-electron chi connectivity index (χ0n) is 7.40. The van der Waals surface area contributed by atoms with E-state index in [9.17, 15) is 13.2 Å². The van der Waals surface area contributed by atoms with E-state index in [1.807, 2.05) is 0 Å². The van der Waals surface area contributed by atoms with Gasteiger partial charge in [-0.15, -0.1) is 0 Å². The van der Waals surface area contributed by atoms with E-state index < -0.39 is 11.7 Å². The van der Waals surface area contributed by atoms with E-state index in [0.717, 1.165) is 12.1 Å². The minimum Gasteiger partial charge on any atom is -0.372 e. The van der Waals surface area contributed by atoms with Gasteiger partial charge in [0.05, 0.1) is 16.7 Å². The maximum Gasteiger partial charge on any atom is 0.417 e. The smallest absolute Gasteiger partial charge is 0.372 e. The van der Waals surface area contributed by atoms with Gasteiger partial charge < -0.3 is 5.32 Å². The van der Waals surface area contributed by atoms with Crippen LogP contribution < -0.4 is 5.32 Å². The number of nitrogens with one attached hydrogen (secondary N) is 1. The van der Waals surface area contributed by atoms with Crippen molar-refractivity contribution in [3.63, 3.8) is 0 Å². The van der Waals surface area contributed by atoms with Crippen LogP contribution >= 0.6 is 11.6 Å². The molecule has 0 aliphatic carbocycles. The van der Waals surface area contributed by atoms with Gasteiger partial charge in [-0.25, -0.2) is 0 Å². The molecular weight excluding hydrogens is 229 g/mol. The number of halogens is 4. The number of hydrogen-bond acceptors (Lipinski definition) is 2. The molecule has 0 fully saturated rings. The summed E-state index contributed by atoms with van der Waals surface area (Å²) in [5.41, 5.74) is -0.694. The highest BCUT2D eigenvalue weighted by molar-refractivity contribution is 6.31. The summed E-state index contributed by atoms with van der Waals surface area (Å²) >= 11 is 5.40. The largest absolute Gasteiger partial charge is 0.417 e. The van der Waals surface area contributed by atoms with Gasteiger partial charge in [0.2, 0.25) is 0 Å². The van der Waals surface area contributed by atoms with E-state index in [1.165, 1.54) is 6.07 Å². The molecule has 0 bridgehead atoms. The molecule has 0 saturated carbocycles. The molecule has 1 aromatic rings. The zero-order valence-corrected chi connectivity index (χ0v) is 8.15. The second-order valence-corrected chi connectivity index (χ2v) is 3.11. The summed E-state index contributed by atoms with van der Waals surface area (Å²) < 4.78 is 37.1. The minimum absolute atomic E-state index is 0.0566. The molecule has 6 heteroatoms. The molecule has 0 unspecified atom stereocenters. The normalized spacial score (nSPS) is 10.9. The highest BCUT2D eigenvalue weighted by Crippen LogP contribution is 2.36. The monoisotopic (exact) mass is 234 g/mol. The fraction of sp³-hybridized carbons (Fsp3) is 0.222. The Morgan fingerprint density at radius 2 is 2.07 bits per heavy atom. The van der Waals surface area contributed by atoms with Gasteiger partial charge in [0, 0.05) is 5.69 Å². The lowest BCUT2D eigenvalue weighted by molar-refractivity contribution is -0.137. The lowest BCUT2D eigenvalue weighted by Gasteiger charge is -2.10. The summed E-state index contributed by atoms with van der Waals surface area (Å²) in [6.45, 7) is -0.0566. The first-order valence-corrected chi connectivity index (χ1v) is 4.30. The molecule has 2 nitrogen and oxygen atoms in total. The Hall–Kier alpha value is -1.41. The average molecular weight is 235 g/mol. The molecular formula is C9H6ClF3N2. The summed E-state index contributed by atoms with van der Waals surface area (Å²) in [4.78, 5) is 0. The van der Waals surface area contributed by atoms with Crippen molar-refractivity contribution < 1.29 is 13.2 Å². The molecule has 0 radical (unpaired) electrons. The van der Waals surface area contributed by atoms with Crippen LogP contribution in [0.15, 0.2) is 18.2 Å². The molecule has 15 heavy (non-hydrogen) atoms. The van der Waals surface area contributed by atoms with Crippen molar-refractivity contribution in [1.29, 1.82) is 5.26 Å². The molecule has 0 heterocycles. The Labute approximate surface area is 89.3 Å². The third kappa shape index (κ3) is 3.03. The van der Waals surface area contributed by atoms with E-state index in [2.05, 4.69) is 5.32 Å². The number of alkyl halides is 3. The van der Waals surface area contributed by atoms with Crippen LogP contribution in [0.1, 0.15) is 5.56 Å². The molecule has 0 aliphatic heterocycles. The van der Waals surface area contributed by atoms with Crippen molar-refractivity contribution >= 4 is 17.3 Å². The first-order chi connectivity index (χ1) is 6.95. The van der Waals surface area contributed by atoms with Crippen LogP contribution in [0.3, 0.4) is 0 Å². The van der Waals surface area contributed by atoms with Crippen LogP contribution in [0.2, 0.25) is 5.02 Å². The topological polar surface area (TPSA) is 35.8 Å². The van der Waals surface area contributed by atoms with Gasteiger partial charge >= 0.3 is 6.18 Å². The second kappa shape index (κ2) is 4.41. The molecule has 1 rings (SSSR count). The van der Waals surface area contributed by atoms with Crippen LogP contribution in [0.4, 0.5) is 18.9 Å². The predicted molar refractivity (Wildman–Crippen MR) is 50.6 cm³/mol. The van der Waals surface area contributed by atoms with E-state index >= 15 is 0 Å². The maximum absolute atomic E-state index is 12.4. The zero-order chi connectivity index (χ0) is 11.5. The van der Waals surface area contributed by atoms with E-state index in [-0.39, 0.29) is 17.3 Å².